The standard InChI is InChI=1S/C97H162O16P2/c1-4-7-10-13-16-19-22-25-28-31-34-37-39-41-43-44-45-46-48-50-51-54-56-59-62-65-68-71-74-77-80-83-95(100)107-86-92(98)87-109-114(103,104)110-88-93(99)89-111-115(105,106)112-91-94(113-97(102)85-82-79-76-73-70-67-64-61-58-53-36-33-30-27-24-21-18-15-12-9-6-3)90-108-96(101)84-81-78-75-72-69-66-63-60-57-55-52-49-47-42-40-38-35-32-29-26-23-20-17-14-11-8-5-2/h8-9,11-12,16-21,25-30,34-38,41-43,47,53,61,64,70,73,92-94,98-99H,4-7,10,13-15,22-24,31-33,39-40,44-46,48-52,54-60,62-63,65-69,71-72,74-91H2,1-3H3,(H,103,104)(H,105,106)/b11-8-,12-9-,19-16-,20-17-,21-18-,28-25-,29-26-,30-27-,37-34-,38-35-,43-41-,47-42-,53-36-,64-61-,73-70-. The van der Waals surface area contributed by atoms with Crippen LogP contribution in [0.4, 0.5) is 0 Å². The van der Waals surface area contributed by atoms with Gasteiger partial charge in [-0.25, -0.2) is 9.13 Å². The van der Waals surface area contributed by atoms with Crippen LogP contribution in [0.5, 0.6) is 0 Å². The lowest BCUT2D eigenvalue weighted by Gasteiger charge is -2.21. The lowest BCUT2D eigenvalue weighted by molar-refractivity contribution is -0.161. The van der Waals surface area contributed by atoms with E-state index in [1.165, 1.54) is 141 Å². The number of esters is 3. The molecule has 0 aliphatic heterocycles. The van der Waals surface area contributed by atoms with Crippen LogP contribution >= 0.6 is 15.6 Å². The zero-order valence-corrected chi connectivity index (χ0v) is 73.9. The van der Waals surface area contributed by atoms with Crippen LogP contribution in [0.15, 0.2) is 182 Å². The van der Waals surface area contributed by atoms with E-state index >= 15 is 0 Å². The Hall–Kier alpha value is -5.35. The van der Waals surface area contributed by atoms with E-state index < -0.39 is 91.5 Å². The summed E-state index contributed by atoms with van der Waals surface area (Å²) in [5, 5.41) is 20.7. The molecule has 0 aliphatic carbocycles. The van der Waals surface area contributed by atoms with Crippen LogP contribution in [-0.2, 0) is 55.8 Å². The molecular weight excluding hydrogens is 1480 g/mol. The van der Waals surface area contributed by atoms with Crippen LogP contribution in [0.2, 0.25) is 0 Å². The summed E-state index contributed by atoms with van der Waals surface area (Å²) in [5.74, 6) is -1.63. The molecule has 0 aliphatic rings. The van der Waals surface area contributed by atoms with Crippen molar-refractivity contribution in [3.63, 3.8) is 0 Å². The van der Waals surface area contributed by atoms with E-state index in [-0.39, 0.29) is 19.3 Å². The van der Waals surface area contributed by atoms with Gasteiger partial charge in [-0.2, -0.15) is 0 Å². The summed E-state index contributed by atoms with van der Waals surface area (Å²) < 4.78 is 61.4. The average Bonchev–Trinajstić information content (AvgIpc) is 0.880. The van der Waals surface area contributed by atoms with E-state index in [1.54, 1.807) is 0 Å². The highest BCUT2D eigenvalue weighted by atomic mass is 31.2. The van der Waals surface area contributed by atoms with Gasteiger partial charge in [-0.3, -0.25) is 32.5 Å². The molecule has 0 fully saturated rings. The molecule has 0 aromatic rings. The molecule has 0 aromatic heterocycles. The number of phosphoric acid groups is 2. The van der Waals surface area contributed by atoms with E-state index in [4.69, 9.17) is 32.3 Å². The predicted molar refractivity (Wildman–Crippen MR) is 481 cm³/mol. The number of allylic oxidation sites excluding steroid dienone is 30. The fourth-order valence-corrected chi connectivity index (χ4v) is 13.4. The number of carbonyl (C=O) groups is 3. The van der Waals surface area contributed by atoms with Crippen LogP contribution in [0.3, 0.4) is 0 Å². The van der Waals surface area contributed by atoms with Gasteiger partial charge in [0.1, 0.15) is 25.4 Å². The van der Waals surface area contributed by atoms with Crippen LogP contribution < -0.4 is 0 Å². The van der Waals surface area contributed by atoms with Crippen molar-refractivity contribution in [1.29, 1.82) is 0 Å². The molecule has 115 heavy (non-hydrogen) atoms. The second-order valence-electron chi connectivity index (χ2n) is 29.6. The van der Waals surface area contributed by atoms with E-state index in [2.05, 4.69) is 203 Å². The minimum atomic E-state index is -4.96. The summed E-state index contributed by atoms with van der Waals surface area (Å²) in [4.78, 5) is 58.9. The van der Waals surface area contributed by atoms with Crippen LogP contribution in [0.25, 0.3) is 0 Å². The first-order valence-corrected chi connectivity index (χ1v) is 48.1. The molecule has 0 heterocycles. The highest BCUT2D eigenvalue weighted by Gasteiger charge is 2.29. The van der Waals surface area contributed by atoms with E-state index in [1.807, 2.05) is 0 Å². The van der Waals surface area contributed by atoms with Gasteiger partial charge in [-0.15, -0.1) is 0 Å². The maximum atomic E-state index is 13.0. The molecule has 0 bridgehead atoms. The number of hydrogen-bond donors (Lipinski definition) is 4. The third-order valence-corrected chi connectivity index (χ3v) is 20.5. The number of aliphatic hydroxyl groups excluding tert-OH is 2. The fraction of sp³-hybridized carbons (Fsp3) is 0.660. The van der Waals surface area contributed by atoms with Crippen molar-refractivity contribution < 1.29 is 75.8 Å². The summed E-state index contributed by atoms with van der Waals surface area (Å²) in [5.41, 5.74) is 0. The first-order chi connectivity index (χ1) is 56.2. The SMILES string of the molecule is CC/C=C\C/C=C\C/C=C\C/C=C\C/C=C\C/C=C\CCCCC(=O)OC(COC(=O)CCCCCCCCCCCCC/C=C\C/C=C\C/C=C\C/C=C\C/C=C\CC)COP(=O)(O)OCC(O)COP(=O)(O)OCC(O)COC(=O)CCCCCCCCCCCCCCCCC/C=C\C/C=C\C/C=C\C/C=C\CCCCC. The molecule has 0 radical (unpaired) electrons. The minimum Gasteiger partial charge on any atom is -0.463 e. The Labute approximate surface area is 700 Å². The van der Waals surface area contributed by atoms with E-state index in [9.17, 15) is 43.5 Å². The molecule has 0 aromatic carbocycles. The molecule has 0 saturated carbocycles. The smallest absolute Gasteiger partial charge is 0.463 e. The lowest BCUT2D eigenvalue weighted by atomic mass is 10.0. The topological polar surface area (TPSA) is 231 Å². The normalized spacial score (nSPS) is 14.7. The van der Waals surface area contributed by atoms with Crippen LogP contribution in [0.1, 0.15) is 355 Å². The molecule has 0 saturated heterocycles. The molecule has 4 N–H and O–H groups in total. The number of phosphoric ester groups is 2. The van der Waals surface area contributed by atoms with Crippen molar-refractivity contribution in [2.75, 3.05) is 39.6 Å². The first-order valence-electron chi connectivity index (χ1n) is 45.1. The van der Waals surface area contributed by atoms with Crippen molar-refractivity contribution in [2.24, 2.45) is 0 Å². The van der Waals surface area contributed by atoms with Gasteiger partial charge in [0.25, 0.3) is 0 Å². The van der Waals surface area contributed by atoms with Gasteiger partial charge in [0.2, 0.25) is 0 Å². The number of rotatable bonds is 84. The molecule has 18 heteroatoms. The molecular formula is C97H162O16P2. The first kappa shape index (κ1) is 110. The van der Waals surface area contributed by atoms with Crippen molar-refractivity contribution in [3.05, 3.63) is 182 Å². The van der Waals surface area contributed by atoms with Gasteiger partial charge in [0.15, 0.2) is 6.10 Å². The van der Waals surface area contributed by atoms with Crippen LogP contribution in [-0.4, -0.2) is 95.9 Å². The third-order valence-electron chi connectivity index (χ3n) is 18.6. The summed E-state index contributed by atoms with van der Waals surface area (Å²) in [6, 6.07) is 0. The summed E-state index contributed by atoms with van der Waals surface area (Å²) >= 11 is 0. The maximum Gasteiger partial charge on any atom is 0.472 e. The summed E-state index contributed by atoms with van der Waals surface area (Å²) in [6.07, 6.45) is 115. The number of aliphatic hydroxyl groups is 2. The van der Waals surface area contributed by atoms with Gasteiger partial charge < -0.3 is 34.2 Å². The predicted octanol–water partition coefficient (Wildman–Crippen LogP) is 27.7. The van der Waals surface area contributed by atoms with E-state index in [0.717, 1.165) is 148 Å². The van der Waals surface area contributed by atoms with Crippen LogP contribution in [0, 0.1) is 0 Å². The molecule has 16 nitrogen and oxygen atoms in total. The maximum absolute atomic E-state index is 13.0. The summed E-state index contributed by atoms with van der Waals surface area (Å²) in [7, 11) is -9.83. The zero-order chi connectivity index (χ0) is 83.6. The Kier molecular flexibility index (Phi) is 83.9. The number of carbonyl (C=O) groups excluding carboxylic acids is 3. The molecule has 5 unspecified atom stereocenters. The second kappa shape index (κ2) is 87.9. The lowest BCUT2D eigenvalue weighted by Crippen LogP contribution is -2.30. The number of unbranched alkanes of at least 4 members (excludes halogenated alkanes) is 31. The Bertz CT molecular complexity index is 2820. The number of hydrogen-bond acceptors (Lipinski definition) is 14. The van der Waals surface area contributed by atoms with Crippen molar-refractivity contribution in [1.82, 2.24) is 0 Å². The summed E-state index contributed by atoms with van der Waals surface area (Å²) in [6.45, 7) is 2.39. The largest absolute Gasteiger partial charge is 0.472 e. The molecule has 656 valence electrons. The molecule has 0 spiro atoms. The Morgan fingerprint density at radius 2 is 0.461 bits per heavy atom. The monoisotopic (exact) mass is 1650 g/mol. The minimum absolute atomic E-state index is 0.0429. The van der Waals surface area contributed by atoms with Crippen molar-refractivity contribution in [3.8, 4) is 0 Å². The number of ether oxygens (including phenoxy) is 3. The Morgan fingerprint density at radius 1 is 0.252 bits per heavy atom. The van der Waals surface area contributed by atoms with E-state index in [0.29, 0.717) is 25.7 Å². The van der Waals surface area contributed by atoms with Crippen molar-refractivity contribution >= 4 is 33.6 Å². The molecule has 0 amide bonds. The van der Waals surface area contributed by atoms with Gasteiger partial charge in [0, 0.05) is 19.3 Å². The highest BCUT2D eigenvalue weighted by molar-refractivity contribution is 7.47. The highest BCUT2D eigenvalue weighted by Crippen LogP contribution is 2.45. The Balaban J connectivity index is 4.63. The molecule has 0 rings (SSSR count). The average molecular weight is 1650 g/mol. The zero-order valence-electron chi connectivity index (χ0n) is 72.1. The van der Waals surface area contributed by atoms with Gasteiger partial charge in [0.05, 0.1) is 26.4 Å². The van der Waals surface area contributed by atoms with Gasteiger partial charge in [-0.1, -0.05) is 357 Å². The Morgan fingerprint density at radius 3 is 0.748 bits per heavy atom. The van der Waals surface area contributed by atoms with Crippen molar-refractivity contribution in [2.45, 2.75) is 373 Å². The quantitative estimate of drug-likeness (QED) is 0.0146. The third kappa shape index (κ3) is 89.3. The van der Waals surface area contributed by atoms with Gasteiger partial charge >= 0.3 is 33.6 Å². The fourth-order valence-electron chi connectivity index (χ4n) is 11.8. The second-order valence-corrected chi connectivity index (χ2v) is 32.5. The molecule has 5 atom stereocenters. The van der Waals surface area contributed by atoms with Gasteiger partial charge in [-0.05, 0) is 161 Å².